The van der Waals surface area contributed by atoms with Crippen molar-refractivity contribution in [2.75, 3.05) is 20.6 Å². The summed E-state index contributed by atoms with van der Waals surface area (Å²) >= 11 is 0. The molecule has 0 aromatic carbocycles. The first-order valence-corrected chi connectivity index (χ1v) is 6.21. The van der Waals surface area contributed by atoms with Gasteiger partial charge in [0.15, 0.2) is 0 Å². The lowest BCUT2D eigenvalue weighted by Gasteiger charge is -2.30. The normalized spacial score (nSPS) is 12.3. The molecule has 0 rings (SSSR count). The van der Waals surface area contributed by atoms with Gasteiger partial charge in [-0.1, -0.05) is 5.92 Å². The Labute approximate surface area is 115 Å². The summed E-state index contributed by atoms with van der Waals surface area (Å²) in [7, 11) is 3.35. The molecule has 0 saturated heterocycles. The highest BCUT2D eigenvalue weighted by Gasteiger charge is 2.26. The highest BCUT2D eigenvalue weighted by Crippen LogP contribution is 2.13. The molecule has 0 radical (unpaired) electrons. The van der Waals surface area contributed by atoms with Crippen molar-refractivity contribution in [1.82, 2.24) is 9.80 Å². The lowest BCUT2D eigenvalue weighted by molar-refractivity contribution is -0.129. The van der Waals surface area contributed by atoms with Gasteiger partial charge in [-0.2, -0.15) is 0 Å². The maximum absolute atomic E-state index is 12.0. The van der Waals surface area contributed by atoms with Crippen LogP contribution in [0.15, 0.2) is 0 Å². The molecule has 0 unspecified atom stereocenters. The third-order valence-corrected chi connectivity index (χ3v) is 2.39. The second-order valence-electron chi connectivity index (χ2n) is 5.65. The molecule has 0 saturated carbocycles. The Kier molecular flexibility index (Phi) is 6.40. The summed E-state index contributed by atoms with van der Waals surface area (Å²) in [5, 5.41) is 0. The van der Waals surface area contributed by atoms with E-state index < -0.39 is 11.7 Å². The Morgan fingerprint density at radius 3 is 2.21 bits per heavy atom. The van der Waals surface area contributed by atoms with Crippen molar-refractivity contribution in [2.45, 2.75) is 45.8 Å². The van der Waals surface area contributed by atoms with Gasteiger partial charge in [-0.15, -0.1) is 6.42 Å². The Morgan fingerprint density at radius 2 is 1.84 bits per heavy atom. The molecule has 0 heterocycles. The van der Waals surface area contributed by atoms with Gasteiger partial charge >= 0.3 is 6.09 Å². The van der Waals surface area contributed by atoms with E-state index in [1.165, 1.54) is 9.80 Å². The molecule has 5 heteroatoms. The minimum absolute atomic E-state index is 0.0573. The summed E-state index contributed by atoms with van der Waals surface area (Å²) < 4.78 is 5.28. The summed E-state index contributed by atoms with van der Waals surface area (Å²) in [5.41, 5.74) is -0.588. The van der Waals surface area contributed by atoms with E-state index in [0.717, 1.165) is 0 Å². The Hall–Kier alpha value is -1.70. The van der Waals surface area contributed by atoms with Crippen molar-refractivity contribution >= 4 is 12.0 Å². The van der Waals surface area contributed by atoms with Crippen LogP contribution in [-0.4, -0.2) is 54.1 Å². The van der Waals surface area contributed by atoms with Gasteiger partial charge in [-0.3, -0.25) is 9.69 Å². The maximum Gasteiger partial charge on any atom is 0.411 e. The SMILES string of the molecule is C#CCN(C(=O)OC(C)(C)C)[C@@H](C)CC(=O)N(C)C. The topological polar surface area (TPSA) is 49.9 Å². The average Bonchev–Trinajstić information content (AvgIpc) is 2.22. The van der Waals surface area contributed by atoms with E-state index in [-0.39, 0.29) is 24.9 Å². The molecule has 0 aliphatic heterocycles. The van der Waals surface area contributed by atoms with Crippen LogP contribution >= 0.6 is 0 Å². The molecule has 1 atom stereocenters. The van der Waals surface area contributed by atoms with E-state index >= 15 is 0 Å². The average molecular weight is 268 g/mol. The third kappa shape index (κ3) is 6.70. The van der Waals surface area contributed by atoms with Gasteiger partial charge in [0.05, 0.1) is 6.54 Å². The smallest absolute Gasteiger partial charge is 0.411 e. The van der Waals surface area contributed by atoms with Crippen molar-refractivity contribution in [3.63, 3.8) is 0 Å². The van der Waals surface area contributed by atoms with Crippen molar-refractivity contribution in [3.05, 3.63) is 0 Å². The number of terminal acetylenes is 1. The molecule has 0 bridgehead atoms. The zero-order chi connectivity index (χ0) is 15.2. The number of carbonyl (C=O) groups excluding carboxylic acids is 2. The number of ether oxygens (including phenoxy) is 1. The van der Waals surface area contributed by atoms with Crippen LogP contribution in [0.25, 0.3) is 0 Å². The number of hydrogen-bond donors (Lipinski definition) is 0. The highest BCUT2D eigenvalue weighted by atomic mass is 16.6. The molecular weight excluding hydrogens is 244 g/mol. The van der Waals surface area contributed by atoms with Gasteiger partial charge in [0.25, 0.3) is 0 Å². The second kappa shape index (κ2) is 7.03. The standard InChI is InChI=1S/C14H24N2O3/c1-8-9-16(13(18)19-14(3,4)5)11(2)10-12(17)15(6)7/h1,11H,9-10H2,2-7H3/t11-/m0/s1. The van der Waals surface area contributed by atoms with Gasteiger partial charge in [-0.25, -0.2) is 4.79 Å². The van der Waals surface area contributed by atoms with E-state index in [1.807, 2.05) is 0 Å². The molecule has 108 valence electrons. The number of hydrogen-bond acceptors (Lipinski definition) is 3. The van der Waals surface area contributed by atoms with Gasteiger partial charge in [0, 0.05) is 26.6 Å². The fraction of sp³-hybridized carbons (Fsp3) is 0.714. The largest absolute Gasteiger partial charge is 0.444 e. The van der Waals surface area contributed by atoms with Crippen LogP contribution in [-0.2, 0) is 9.53 Å². The molecule has 2 amide bonds. The minimum atomic E-state index is -0.588. The van der Waals surface area contributed by atoms with Gasteiger partial charge in [-0.05, 0) is 27.7 Å². The maximum atomic E-state index is 12.0. The number of carbonyl (C=O) groups is 2. The van der Waals surface area contributed by atoms with Crippen molar-refractivity contribution in [2.24, 2.45) is 0 Å². The van der Waals surface area contributed by atoms with Gasteiger partial charge in [0.1, 0.15) is 5.60 Å². The molecule has 0 aromatic heterocycles. The number of rotatable bonds is 4. The Bertz CT molecular complexity index is 364. The van der Waals surface area contributed by atoms with Crippen LogP contribution in [0.1, 0.15) is 34.1 Å². The van der Waals surface area contributed by atoms with Crippen LogP contribution in [0.5, 0.6) is 0 Å². The molecule has 5 nitrogen and oxygen atoms in total. The predicted octanol–water partition coefficient (Wildman–Crippen LogP) is 1.72. The van der Waals surface area contributed by atoms with E-state index in [0.29, 0.717) is 0 Å². The molecular formula is C14H24N2O3. The summed E-state index contributed by atoms with van der Waals surface area (Å²) in [6, 6.07) is -0.305. The van der Waals surface area contributed by atoms with Crippen LogP contribution in [0.4, 0.5) is 4.79 Å². The molecule has 0 spiro atoms. The highest BCUT2D eigenvalue weighted by molar-refractivity contribution is 5.77. The Morgan fingerprint density at radius 1 is 1.32 bits per heavy atom. The van der Waals surface area contributed by atoms with E-state index in [1.54, 1.807) is 41.8 Å². The first kappa shape index (κ1) is 17.3. The van der Waals surface area contributed by atoms with E-state index in [2.05, 4.69) is 5.92 Å². The summed E-state index contributed by atoms with van der Waals surface area (Å²) in [6.45, 7) is 7.26. The minimum Gasteiger partial charge on any atom is -0.444 e. The Balaban J connectivity index is 4.77. The predicted molar refractivity (Wildman–Crippen MR) is 74.5 cm³/mol. The van der Waals surface area contributed by atoms with Gasteiger partial charge < -0.3 is 9.64 Å². The number of nitrogens with zero attached hydrogens (tertiary/aromatic N) is 2. The van der Waals surface area contributed by atoms with E-state index in [9.17, 15) is 9.59 Å². The zero-order valence-corrected chi connectivity index (χ0v) is 12.7. The van der Waals surface area contributed by atoms with Gasteiger partial charge in [0.2, 0.25) is 5.91 Å². The summed E-state index contributed by atoms with van der Waals surface area (Å²) in [6.07, 6.45) is 4.98. The quantitative estimate of drug-likeness (QED) is 0.730. The zero-order valence-electron chi connectivity index (χ0n) is 12.7. The fourth-order valence-corrected chi connectivity index (χ4v) is 1.36. The lowest BCUT2D eigenvalue weighted by Crippen LogP contribution is -2.44. The lowest BCUT2D eigenvalue weighted by atomic mass is 10.2. The molecule has 19 heavy (non-hydrogen) atoms. The molecule has 0 fully saturated rings. The van der Waals surface area contributed by atoms with E-state index in [4.69, 9.17) is 11.2 Å². The molecule has 0 N–H and O–H groups in total. The fourth-order valence-electron chi connectivity index (χ4n) is 1.36. The first-order valence-electron chi connectivity index (χ1n) is 6.21. The van der Waals surface area contributed by atoms with Crippen molar-refractivity contribution < 1.29 is 14.3 Å². The van der Waals surface area contributed by atoms with Crippen molar-refractivity contribution in [3.8, 4) is 12.3 Å². The second-order valence-corrected chi connectivity index (χ2v) is 5.65. The van der Waals surface area contributed by atoms with Crippen LogP contribution in [0.3, 0.4) is 0 Å². The van der Waals surface area contributed by atoms with Crippen LogP contribution < -0.4 is 0 Å². The number of amides is 2. The molecule has 0 aliphatic rings. The molecule has 0 aliphatic carbocycles. The summed E-state index contributed by atoms with van der Waals surface area (Å²) in [5.74, 6) is 2.36. The summed E-state index contributed by atoms with van der Waals surface area (Å²) in [4.78, 5) is 26.6. The third-order valence-electron chi connectivity index (χ3n) is 2.39. The monoisotopic (exact) mass is 268 g/mol. The van der Waals surface area contributed by atoms with Crippen LogP contribution in [0.2, 0.25) is 0 Å². The first-order chi connectivity index (χ1) is 8.58. The molecule has 0 aromatic rings. The van der Waals surface area contributed by atoms with Crippen LogP contribution in [0, 0.1) is 12.3 Å². The van der Waals surface area contributed by atoms with Crippen molar-refractivity contribution in [1.29, 1.82) is 0 Å².